The van der Waals surface area contributed by atoms with Gasteiger partial charge in [0.05, 0.1) is 0 Å². The van der Waals surface area contributed by atoms with E-state index in [1.54, 1.807) is 0 Å². The van der Waals surface area contributed by atoms with E-state index in [9.17, 15) is 0 Å². The molecular formula is C4H6S3. The first-order valence-electron chi connectivity index (χ1n) is 1.84. The molecule has 0 heterocycles. The molecule has 0 bridgehead atoms. The first-order chi connectivity index (χ1) is 3.13. The molecule has 0 aliphatic rings. The van der Waals surface area contributed by atoms with Gasteiger partial charge in [-0.25, -0.2) is 0 Å². The number of thiocarbonyl (C=S) groups is 2. The van der Waals surface area contributed by atoms with E-state index in [1.807, 2.05) is 6.92 Å². The molecule has 0 aromatic heterocycles. The van der Waals surface area contributed by atoms with Crippen molar-refractivity contribution in [3.05, 3.63) is 0 Å². The third-order valence-corrected chi connectivity index (χ3v) is 0.847. The van der Waals surface area contributed by atoms with Gasteiger partial charge in [-0.15, -0.1) is 12.6 Å². The Morgan fingerprint density at radius 1 is 1.57 bits per heavy atom. The number of hydrogen-bond donors (Lipinski definition) is 1. The fourth-order valence-corrected chi connectivity index (χ4v) is 1.01. The molecule has 7 heavy (non-hydrogen) atoms. The van der Waals surface area contributed by atoms with Crippen LogP contribution in [0.15, 0.2) is 0 Å². The van der Waals surface area contributed by atoms with Gasteiger partial charge in [0.2, 0.25) is 0 Å². The Hall–Kier alpha value is 0.530. The van der Waals surface area contributed by atoms with Crippen LogP contribution >= 0.6 is 37.1 Å². The van der Waals surface area contributed by atoms with Gasteiger partial charge in [0.1, 0.15) is 0 Å². The topological polar surface area (TPSA) is 0 Å². The van der Waals surface area contributed by atoms with Gasteiger partial charge in [0.25, 0.3) is 0 Å². The molecule has 40 valence electrons. The van der Waals surface area contributed by atoms with E-state index in [0.717, 1.165) is 4.86 Å². The molecule has 0 fully saturated rings. The lowest BCUT2D eigenvalue weighted by molar-refractivity contribution is 1.68. The number of thiol groups is 1. The molecule has 0 N–H and O–H groups in total. The molecule has 0 nitrogen and oxygen atoms in total. The first kappa shape index (κ1) is 7.53. The summed E-state index contributed by atoms with van der Waals surface area (Å²) in [5.74, 6) is 0. The smallest absolute Gasteiger partial charge is 0.0497 e. The summed E-state index contributed by atoms with van der Waals surface area (Å²) in [4.78, 5) is 0.903. The molecule has 0 aromatic rings. The maximum atomic E-state index is 4.74. The van der Waals surface area contributed by atoms with Crippen molar-refractivity contribution < 1.29 is 0 Å². The molecule has 0 aliphatic heterocycles. The molecule has 0 saturated carbocycles. The minimum Gasteiger partial charge on any atom is -0.136 e. The third-order valence-electron chi connectivity index (χ3n) is 0.400. The maximum Gasteiger partial charge on any atom is 0.0497 e. The minimum absolute atomic E-state index is 0.674. The zero-order valence-electron chi connectivity index (χ0n) is 3.97. The number of rotatable bonds is 2. The molecule has 3 heteroatoms. The highest BCUT2D eigenvalue weighted by atomic mass is 32.1. The van der Waals surface area contributed by atoms with Gasteiger partial charge in [0, 0.05) is 10.6 Å². The van der Waals surface area contributed by atoms with Crippen LogP contribution in [0, 0.1) is 0 Å². The predicted molar refractivity (Wildman–Crippen MR) is 44.5 cm³/mol. The quantitative estimate of drug-likeness (QED) is 0.472. The van der Waals surface area contributed by atoms with Crippen molar-refractivity contribution in [3.8, 4) is 0 Å². The molecule has 0 spiro atoms. The summed E-state index contributed by atoms with van der Waals surface area (Å²) in [6, 6.07) is 0. The molecule has 0 aromatic carbocycles. The summed E-state index contributed by atoms with van der Waals surface area (Å²) in [5, 5.41) is 0. The number of hydrogen-bond acceptors (Lipinski definition) is 2. The van der Waals surface area contributed by atoms with Crippen LogP contribution in [-0.4, -0.2) is 9.06 Å². The molecule has 0 saturated heterocycles. The van der Waals surface area contributed by atoms with Crippen molar-refractivity contribution >= 4 is 46.1 Å². The lowest BCUT2D eigenvalue weighted by atomic mass is 10.4. The Balaban J connectivity index is 3.32. The van der Waals surface area contributed by atoms with Crippen molar-refractivity contribution in [3.63, 3.8) is 0 Å². The standard InChI is InChI=1S/C4H6S3/c1-3(5)2-4(6)7/h2H2,1H3,(H,6,7). The first-order valence-corrected chi connectivity index (χ1v) is 3.10. The highest BCUT2D eigenvalue weighted by Gasteiger charge is 1.87. The van der Waals surface area contributed by atoms with E-state index in [0.29, 0.717) is 10.6 Å². The van der Waals surface area contributed by atoms with Crippen LogP contribution < -0.4 is 0 Å². The van der Waals surface area contributed by atoms with E-state index in [2.05, 4.69) is 24.8 Å². The Kier molecular flexibility index (Phi) is 3.79. The normalized spacial score (nSPS) is 8.29. The summed E-state index contributed by atoms with van der Waals surface area (Å²) in [5.41, 5.74) is 0. The highest BCUT2D eigenvalue weighted by Crippen LogP contribution is 1.93. The predicted octanol–water partition coefficient (Wildman–Crippen LogP) is 2.02. The van der Waals surface area contributed by atoms with Crippen LogP contribution in [0.4, 0.5) is 0 Å². The van der Waals surface area contributed by atoms with Crippen LogP contribution in [0.2, 0.25) is 0 Å². The lowest BCUT2D eigenvalue weighted by Crippen LogP contribution is -1.90. The van der Waals surface area contributed by atoms with Crippen LogP contribution in [0.3, 0.4) is 0 Å². The second-order valence-corrected chi connectivity index (χ2v) is 3.30. The zero-order valence-corrected chi connectivity index (χ0v) is 6.50. The second kappa shape index (κ2) is 3.52. The van der Waals surface area contributed by atoms with Crippen molar-refractivity contribution in [2.75, 3.05) is 0 Å². The van der Waals surface area contributed by atoms with Crippen molar-refractivity contribution in [2.24, 2.45) is 0 Å². The van der Waals surface area contributed by atoms with E-state index in [1.165, 1.54) is 0 Å². The summed E-state index contributed by atoms with van der Waals surface area (Å²) in [6.45, 7) is 1.86. The second-order valence-electron chi connectivity index (χ2n) is 1.27. The van der Waals surface area contributed by atoms with Crippen molar-refractivity contribution in [2.45, 2.75) is 13.3 Å². The Morgan fingerprint density at radius 2 is 2.00 bits per heavy atom. The Morgan fingerprint density at radius 3 is 2.00 bits per heavy atom. The Labute approximate surface area is 59.7 Å². The van der Waals surface area contributed by atoms with Crippen LogP contribution in [0.5, 0.6) is 0 Å². The minimum atomic E-state index is 0.674. The van der Waals surface area contributed by atoms with Gasteiger partial charge in [-0.3, -0.25) is 0 Å². The lowest BCUT2D eigenvalue weighted by Gasteiger charge is -1.87. The zero-order chi connectivity index (χ0) is 5.86. The monoisotopic (exact) mass is 150 g/mol. The van der Waals surface area contributed by atoms with E-state index < -0.39 is 0 Å². The Bertz CT molecular complexity index is 83.1. The summed E-state index contributed by atoms with van der Waals surface area (Å²) < 4.78 is 0.674. The SMILES string of the molecule is CC(=S)CC(=S)S. The third kappa shape index (κ3) is 6.53. The molecule has 0 radical (unpaired) electrons. The molecule has 0 unspecified atom stereocenters. The molecule has 0 aliphatic carbocycles. The van der Waals surface area contributed by atoms with E-state index in [-0.39, 0.29) is 0 Å². The van der Waals surface area contributed by atoms with Gasteiger partial charge >= 0.3 is 0 Å². The molecular weight excluding hydrogens is 144 g/mol. The van der Waals surface area contributed by atoms with Crippen molar-refractivity contribution in [1.29, 1.82) is 0 Å². The fourth-order valence-electron chi connectivity index (χ4n) is 0.213. The van der Waals surface area contributed by atoms with E-state index >= 15 is 0 Å². The summed E-state index contributed by atoms with van der Waals surface area (Å²) in [7, 11) is 0. The largest absolute Gasteiger partial charge is 0.136 e. The molecule has 0 rings (SSSR count). The highest BCUT2D eigenvalue weighted by molar-refractivity contribution is 8.11. The average Bonchev–Trinajstić information content (AvgIpc) is 1.27. The van der Waals surface area contributed by atoms with Crippen LogP contribution in [-0.2, 0) is 0 Å². The molecule has 0 atom stereocenters. The van der Waals surface area contributed by atoms with Gasteiger partial charge < -0.3 is 0 Å². The van der Waals surface area contributed by atoms with Crippen LogP contribution in [0.25, 0.3) is 0 Å². The van der Waals surface area contributed by atoms with Gasteiger partial charge in [-0.05, 0) is 11.8 Å². The maximum absolute atomic E-state index is 4.74. The fraction of sp³-hybridized carbons (Fsp3) is 0.500. The van der Waals surface area contributed by atoms with E-state index in [4.69, 9.17) is 12.2 Å². The van der Waals surface area contributed by atoms with Gasteiger partial charge in [0.15, 0.2) is 0 Å². The average molecular weight is 150 g/mol. The molecule has 0 amide bonds. The van der Waals surface area contributed by atoms with Crippen LogP contribution in [0.1, 0.15) is 13.3 Å². The van der Waals surface area contributed by atoms with Gasteiger partial charge in [-0.1, -0.05) is 24.4 Å². The summed E-state index contributed by atoms with van der Waals surface area (Å²) in [6.07, 6.45) is 0.688. The van der Waals surface area contributed by atoms with Gasteiger partial charge in [-0.2, -0.15) is 0 Å². The van der Waals surface area contributed by atoms with Crippen molar-refractivity contribution in [1.82, 2.24) is 0 Å². The summed E-state index contributed by atoms with van der Waals surface area (Å²) >= 11 is 13.3.